The van der Waals surface area contributed by atoms with Crippen LogP contribution in [0.5, 0.6) is 0 Å². The molecule has 0 aliphatic heterocycles. The first-order chi connectivity index (χ1) is 7.80. The third kappa shape index (κ3) is 4.53. The van der Waals surface area contributed by atoms with Gasteiger partial charge in [0.25, 0.3) is 0 Å². The van der Waals surface area contributed by atoms with Crippen molar-refractivity contribution in [3.05, 3.63) is 17.5 Å². The van der Waals surface area contributed by atoms with Gasteiger partial charge in [-0.1, -0.05) is 12.1 Å². The zero-order valence-electron chi connectivity index (χ0n) is 9.50. The van der Waals surface area contributed by atoms with E-state index in [0.717, 1.165) is 0 Å². The van der Waals surface area contributed by atoms with Gasteiger partial charge in [0.05, 0.1) is 5.92 Å². The van der Waals surface area contributed by atoms with Gasteiger partial charge in [-0.15, -0.1) is 0 Å². The minimum absolute atomic E-state index is 0.144. The summed E-state index contributed by atoms with van der Waals surface area (Å²) in [6.07, 6.45) is 0. The van der Waals surface area contributed by atoms with Crippen LogP contribution in [0.1, 0.15) is 18.4 Å². The number of nitrogens with zero attached hydrogens (tertiary/aromatic N) is 1. The van der Waals surface area contributed by atoms with E-state index in [2.05, 4.69) is 9.88 Å². The number of carboxylic acids is 1. The van der Waals surface area contributed by atoms with Crippen LogP contribution in [0.2, 0.25) is 0 Å². The maximum Gasteiger partial charge on any atom is 0.307 e. The second-order valence-corrected chi connectivity index (χ2v) is 5.58. The molecule has 1 aromatic rings. The molecule has 0 fully saturated rings. The van der Waals surface area contributed by atoms with Crippen molar-refractivity contribution in [2.75, 3.05) is 6.54 Å². The Balaban J connectivity index is 2.55. The summed E-state index contributed by atoms with van der Waals surface area (Å²) in [7, 11) is -3.59. The molecular formula is C9H14N2O5S. The molecule has 0 amide bonds. The highest BCUT2D eigenvalue weighted by Gasteiger charge is 2.18. The summed E-state index contributed by atoms with van der Waals surface area (Å²) in [6, 6.07) is 1.51. The number of rotatable bonds is 6. The molecule has 17 heavy (non-hydrogen) atoms. The Morgan fingerprint density at radius 2 is 2.29 bits per heavy atom. The number of nitrogens with one attached hydrogen (secondary N) is 1. The lowest BCUT2D eigenvalue weighted by molar-refractivity contribution is -0.140. The second kappa shape index (κ2) is 5.28. The zero-order valence-corrected chi connectivity index (χ0v) is 10.3. The first kappa shape index (κ1) is 13.7. The van der Waals surface area contributed by atoms with Gasteiger partial charge >= 0.3 is 5.97 Å². The average molecular weight is 262 g/mol. The fraction of sp³-hybridized carbons (Fsp3) is 0.556. The van der Waals surface area contributed by atoms with E-state index in [1.165, 1.54) is 13.0 Å². The SMILES string of the molecule is Cc1cc(CS(=O)(=O)NCC(C)C(=O)O)no1. The van der Waals surface area contributed by atoms with Crippen LogP contribution in [0.4, 0.5) is 0 Å². The van der Waals surface area contributed by atoms with Crippen LogP contribution in [0.3, 0.4) is 0 Å². The maximum atomic E-state index is 11.6. The van der Waals surface area contributed by atoms with Gasteiger partial charge in [0, 0.05) is 12.6 Å². The highest BCUT2D eigenvalue weighted by molar-refractivity contribution is 7.88. The molecule has 1 heterocycles. The Kier molecular flexibility index (Phi) is 4.24. The standard InChI is InChI=1S/C9H14N2O5S/c1-6(9(12)13)4-10-17(14,15)5-8-3-7(2)16-11-8/h3,6,10H,4-5H2,1-2H3,(H,12,13). The molecule has 0 aliphatic rings. The van der Waals surface area contributed by atoms with E-state index >= 15 is 0 Å². The molecular weight excluding hydrogens is 248 g/mol. The third-order valence-electron chi connectivity index (χ3n) is 2.05. The Morgan fingerprint density at radius 1 is 1.65 bits per heavy atom. The molecule has 0 radical (unpaired) electrons. The number of sulfonamides is 1. The smallest absolute Gasteiger partial charge is 0.307 e. The summed E-state index contributed by atoms with van der Waals surface area (Å²) in [4.78, 5) is 10.5. The van der Waals surface area contributed by atoms with E-state index in [1.807, 2.05) is 0 Å². The van der Waals surface area contributed by atoms with E-state index in [0.29, 0.717) is 5.76 Å². The molecule has 0 aromatic carbocycles. The predicted molar refractivity (Wildman–Crippen MR) is 58.7 cm³/mol. The largest absolute Gasteiger partial charge is 0.481 e. The molecule has 7 nitrogen and oxygen atoms in total. The Bertz CT molecular complexity index is 493. The fourth-order valence-corrected chi connectivity index (χ4v) is 2.20. The molecule has 0 spiro atoms. The van der Waals surface area contributed by atoms with Crippen LogP contribution in [0.15, 0.2) is 10.6 Å². The van der Waals surface area contributed by atoms with E-state index in [9.17, 15) is 13.2 Å². The first-order valence-electron chi connectivity index (χ1n) is 4.92. The highest BCUT2D eigenvalue weighted by Crippen LogP contribution is 2.06. The molecule has 0 aliphatic carbocycles. The Morgan fingerprint density at radius 3 is 2.76 bits per heavy atom. The average Bonchev–Trinajstić information content (AvgIpc) is 2.59. The van der Waals surface area contributed by atoms with Gasteiger partial charge in [-0.05, 0) is 6.92 Å². The topological polar surface area (TPSA) is 110 Å². The van der Waals surface area contributed by atoms with Gasteiger partial charge in [-0.25, -0.2) is 13.1 Å². The van der Waals surface area contributed by atoms with Gasteiger partial charge < -0.3 is 9.63 Å². The highest BCUT2D eigenvalue weighted by atomic mass is 32.2. The van der Waals surface area contributed by atoms with Gasteiger partial charge in [-0.2, -0.15) is 0 Å². The van der Waals surface area contributed by atoms with Crippen LogP contribution in [0.25, 0.3) is 0 Å². The van der Waals surface area contributed by atoms with Gasteiger partial charge in [-0.3, -0.25) is 4.79 Å². The van der Waals surface area contributed by atoms with Crippen molar-refractivity contribution in [1.82, 2.24) is 9.88 Å². The second-order valence-electron chi connectivity index (χ2n) is 3.78. The number of hydrogen-bond acceptors (Lipinski definition) is 5. The van der Waals surface area contributed by atoms with Crippen molar-refractivity contribution in [2.24, 2.45) is 5.92 Å². The molecule has 0 bridgehead atoms. The zero-order chi connectivity index (χ0) is 13.1. The summed E-state index contributed by atoms with van der Waals surface area (Å²) in [5.74, 6) is -1.63. The van der Waals surface area contributed by atoms with E-state index in [4.69, 9.17) is 9.63 Å². The number of aliphatic carboxylic acids is 1. The van der Waals surface area contributed by atoms with E-state index in [1.54, 1.807) is 6.92 Å². The Hall–Kier alpha value is -1.41. The van der Waals surface area contributed by atoms with Gasteiger partial charge in [0.2, 0.25) is 10.0 Å². The monoisotopic (exact) mass is 262 g/mol. The summed E-state index contributed by atoms with van der Waals surface area (Å²) in [5, 5.41) is 12.2. The fourth-order valence-electron chi connectivity index (χ4n) is 1.07. The lowest BCUT2D eigenvalue weighted by atomic mass is 10.2. The van der Waals surface area contributed by atoms with E-state index < -0.39 is 21.9 Å². The first-order valence-corrected chi connectivity index (χ1v) is 6.58. The van der Waals surface area contributed by atoms with Gasteiger partial charge in [0.1, 0.15) is 17.2 Å². The van der Waals surface area contributed by atoms with Crippen molar-refractivity contribution < 1.29 is 22.8 Å². The predicted octanol–water partition coefficient (Wildman–Crippen LogP) is 0.123. The van der Waals surface area contributed by atoms with Crippen LogP contribution in [-0.4, -0.2) is 31.2 Å². The van der Waals surface area contributed by atoms with Crippen molar-refractivity contribution in [3.8, 4) is 0 Å². The quantitative estimate of drug-likeness (QED) is 0.753. The van der Waals surface area contributed by atoms with Crippen molar-refractivity contribution in [2.45, 2.75) is 19.6 Å². The van der Waals surface area contributed by atoms with Crippen LogP contribution >= 0.6 is 0 Å². The van der Waals surface area contributed by atoms with Crippen LogP contribution < -0.4 is 4.72 Å². The van der Waals surface area contributed by atoms with E-state index in [-0.39, 0.29) is 18.0 Å². The minimum atomic E-state index is -3.59. The van der Waals surface area contributed by atoms with Crippen molar-refractivity contribution >= 4 is 16.0 Å². The third-order valence-corrected chi connectivity index (χ3v) is 3.33. The Labute approximate surface area is 98.9 Å². The lowest BCUT2D eigenvalue weighted by Crippen LogP contribution is -2.32. The lowest BCUT2D eigenvalue weighted by Gasteiger charge is -2.07. The molecule has 1 rings (SSSR count). The van der Waals surface area contributed by atoms with Crippen LogP contribution in [0, 0.1) is 12.8 Å². The number of carbonyl (C=O) groups is 1. The molecule has 0 saturated heterocycles. The van der Waals surface area contributed by atoms with Gasteiger partial charge in [0.15, 0.2) is 0 Å². The number of hydrogen-bond donors (Lipinski definition) is 2. The summed E-state index contributed by atoms with van der Waals surface area (Å²) in [5.41, 5.74) is 0.290. The van der Waals surface area contributed by atoms with Crippen molar-refractivity contribution in [3.63, 3.8) is 0 Å². The molecule has 1 atom stereocenters. The molecule has 1 aromatic heterocycles. The summed E-state index contributed by atoms with van der Waals surface area (Å²) < 4.78 is 30.0. The number of aromatic nitrogens is 1. The molecule has 1 unspecified atom stereocenters. The normalized spacial score (nSPS) is 13.5. The maximum absolute atomic E-state index is 11.6. The molecule has 2 N–H and O–H groups in total. The minimum Gasteiger partial charge on any atom is -0.481 e. The molecule has 8 heteroatoms. The molecule has 96 valence electrons. The number of aryl methyl sites for hydroxylation is 1. The summed E-state index contributed by atoms with van der Waals surface area (Å²) in [6.45, 7) is 2.93. The molecule has 0 saturated carbocycles. The number of carboxylic acid groups (broad SMARTS) is 1. The summed E-state index contributed by atoms with van der Waals surface area (Å²) >= 11 is 0. The van der Waals surface area contributed by atoms with Crippen molar-refractivity contribution in [1.29, 1.82) is 0 Å². The van der Waals surface area contributed by atoms with Crippen LogP contribution in [-0.2, 0) is 20.6 Å².